The normalized spacial score (nSPS) is 16.7. The standard InChI is InChI=1S/C19H22N4O5/c1-21-17-14(18(25)22(2)19(21)26)9-15(23(17)11-13-6-4-8-28-13)16(24)20-10-12-5-3-7-27-12/h4,6,8-9,12H,3,5,7,10-11H2,1-2H3,(H,20,24). The van der Waals surface area contributed by atoms with E-state index in [1.165, 1.54) is 23.9 Å². The Morgan fingerprint density at radius 3 is 2.79 bits per heavy atom. The van der Waals surface area contributed by atoms with Gasteiger partial charge in [-0.3, -0.25) is 18.7 Å². The molecule has 148 valence electrons. The Labute approximate surface area is 160 Å². The lowest BCUT2D eigenvalue weighted by Gasteiger charge is -2.13. The molecule has 0 bridgehead atoms. The topological polar surface area (TPSA) is 100 Å². The van der Waals surface area contributed by atoms with E-state index in [-0.39, 0.29) is 18.6 Å². The lowest BCUT2D eigenvalue weighted by atomic mass is 10.2. The van der Waals surface area contributed by atoms with E-state index in [0.717, 1.165) is 17.4 Å². The molecule has 1 amide bonds. The SMILES string of the molecule is Cn1c(=O)c2cc(C(=O)NCC3CCCO3)n(Cc3ccco3)c2n(C)c1=O. The van der Waals surface area contributed by atoms with Crippen LogP contribution in [0.25, 0.3) is 11.0 Å². The third-order valence-corrected chi connectivity index (χ3v) is 5.14. The Hall–Kier alpha value is -3.07. The van der Waals surface area contributed by atoms with Crippen LogP contribution in [0, 0.1) is 0 Å². The van der Waals surface area contributed by atoms with Crippen LogP contribution in [0.2, 0.25) is 0 Å². The number of aryl methyl sites for hydroxylation is 1. The molecule has 1 unspecified atom stereocenters. The molecule has 9 nitrogen and oxygen atoms in total. The predicted molar refractivity (Wildman–Crippen MR) is 102 cm³/mol. The number of nitrogens with one attached hydrogen (secondary N) is 1. The summed E-state index contributed by atoms with van der Waals surface area (Å²) in [6.07, 6.45) is 3.43. The summed E-state index contributed by atoms with van der Waals surface area (Å²) in [6, 6.07) is 5.06. The molecule has 0 saturated carbocycles. The number of carbonyl (C=O) groups excluding carboxylic acids is 1. The highest BCUT2D eigenvalue weighted by atomic mass is 16.5. The monoisotopic (exact) mass is 386 g/mol. The number of ether oxygens (including phenoxy) is 1. The molecule has 1 saturated heterocycles. The predicted octanol–water partition coefficient (Wildman–Crippen LogP) is 0.589. The summed E-state index contributed by atoms with van der Waals surface area (Å²) < 4.78 is 15.0. The fraction of sp³-hybridized carbons (Fsp3) is 0.421. The summed E-state index contributed by atoms with van der Waals surface area (Å²) in [5.41, 5.74) is -0.221. The summed E-state index contributed by atoms with van der Waals surface area (Å²) in [4.78, 5) is 37.9. The smallest absolute Gasteiger partial charge is 0.332 e. The van der Waals surface area contributed by atoms with Crippen LogP contribution in [0.4, 0.5) is 0 Å². The Balaban J connectivity index is 1.80. The Kier molecular flexibility index (Phi) is 4.68. The van der Waals surface area contributed by atoms with Crippen molar-refractivity contribution in [2.75, 3.05) is 13.2 Å². The first kappa shape index (κ1) is 18.3. The quantitative estimate of drug-likeness (QED) is 0.692. The van der Waals surface area contributed by atoms with Crippen molar-refractivity contribution in [3.8, 4) is 0 Å². The fourth-order valence-corrected chi connectivity index (χ4v) is 3.65. The number of furan rings is 1. The van der Waals surface area contributed by atoms with Crippen molar-refractivity contribution in [1.82, 2.24) is 19.0 Å². The van der Waals surface area contributed by atoms with Gasteiger partial charge in [0, 0.05) is 27.2 Å². The Bertz CT molecular complexity index is 1130. The van der Waals surface area contributed by atoms with Crippen LogP contribution >= 0.6 is 0 Å². The molecular weight excluding hydrogens is 364 g/mol. The third kappa shape index (κ3) is 3.07. The first-order valence-corrected chi connectivity index (χ1v) is 9.19. The molecule has 0 aliphatic carbocycles. The first-order chi connectivity index (χ1) is 13.5. The maximum absolute atomic E-state index is 12.9. The van der Waals surface area contributed by atoms with Crippen LogP contribution in [0.1, 0.15) is 29.1 Å². The highest BCUT2D eigenvalue weighted by Gasteiger charge is 2.23. The van der Waals surface area contributed by atoms with Crippen LogP contribution < -0.4 is 16.6 Å². The average Bonchev–Trinajstić information content (AvgIpc) is 3.44. The summed E-state index contributed by atoms with van der Waals surface area (Å²) in [6.45, 7) is 1.33. The van der Waals surface area contributed by atoms with Crippen molar-refractivity contribution in [2.45, 2.75) is 25.5 Å². The molecule has 28 heavy (non-hydrogen) atoms. The van der Waals surface area contributed by atoms with Crippen molar-refractivity contribution in [1.29, 1.82) is 0 Å². The van der Waals surface area contributed by atoms with Gasteiger partial charge < -0.3 is 19.0 Å². The summed E-state index contributed by atoms with van der Waals surface area (Å²) in [5.74, 6) is 0.284. The molecule has 1 N–H and O–H groups in total. The fourth-order valence-electron chi connectivity index (χ4n) is 3.65. The van der Waals surface area contributed by atoms with Crippen molar-refractivity contribution < 1.29 is 13.9 Å². The molecule has 1 aliphatic heterocycles. The zero-order chi connectivity index (χ0) is 19.8. The van der Waals surface area contributed by atoms with E-state index in [1.54, 1.807) is 23.7 Å². The maximum atomic E-state index is 12.9. The van der Waals surface area contributed by atoms with Gasteiger partial charge >= 0.3 is 5.69 Å². The van der Waals surface area contributed by atoms with E-state index in [9.17, 15) is 14.4 Å². The van der Waals surface area contributed by atoms with E-state index < -0.39 is 11.2 Å². The van der Waals surface area contributed by atoms with Gasteiger partial charge in [-0.2, -0.15) is 0 Å². The van der Waals surface area contributed by atoms with E-state index in [1.807, 2.05) is 0 Å². The number of aromatic nitrogens is 3. The molecule has 0 spiro atoms. The van der Waals surface area contributed by atoms with Gasteiger partial charge in [0.15, 0.2) is 0 Å². The van der Waals surface area contributed by atoms with E-state index in [0.29, 0.717) is 35.6 Å². The minimum atomic E-state index is -0.456. The van der Waals surface area contributed by atoms with Crippen molar-refractivity contribution in [3.05, 3.63) is 56.8 Å². The minimum absolute atomic E-state index is 0.00378. The van der Waals surface area contributed by atoms with E-state index >= 15 is 0 Å². The van der Waals surface area contributed by atoms with Crippen LogP contribution in [-0.2, 0) is 25.4 Å². The Morgan fingerprint density at radius 1 is 1.29 bits per heavy atom. The van der Waals surface area contributed by atoms with Crippen LogP contribution in [0.5, 0.6) is 0 Å². The molecule has 0 radical (unpaired) electrons. The van der Waals surface area contributed by atoms with Gasteiger partial charge in [0.1, 0.15) is 17.1 Å². The number of hydrogen-bond donors (Lipinski definition) is 1. The van der Waals surface area contributed by atoms with Gasteiger partial charge in [0.2, 0.25) is 0 Å². The molecule has 1 fully saturated rings. The van der Waals surface area contributed by atoms with Gasteiger partial charge in [0.05, 0.1) is 24.3 Å². The molecular formula is C19H22N4O5. The minimum Gasteiger partial charge on any atom is -0.467 e. The van der Waals surface area contributed by atoms with Crippen molar-refractivity contribution in [3.63, 3.8) is 0 Å². The van der Waals surface area contributed by atoms with Crippen molar-refractivity contribution >= 4 is 16.9 Å². The van der Waals surface area contributed by atoms with Gasteiger partial charge in [-0.1, -0.05) is 0 Å². The van der Waals surface area contributed by atoms with Crippen LogP contribution in [0.15, 0.2) is 38.5 Å². The zero-order valence-electron chi connectivity index (χ0n) is 15.8. The second-order valence-electron chi connectivity index (χ2n) is 6.98. The number of rotatable bonds is 5. The maximum Gasteiger partial charge on any atom is 0.332 e. The summed E-state index contributed by atoms with van der Waals surface area (Å²) in [5, 5.41) is 3.18. The van der Waals surface area contributed by atoms with Gasteiger partial charge in [-0.15, -0.1) is 0 Å². The number of nitrogens with zero attached hydrogens (tertiary/aromatic N) is 3. The van der Waals surface area contributed by atoms with Crippen LogP contribution in [-0.4, -0.2) is 38.9 Å². The van der Waals surface area contributed by atoms with Crippen molar-refractivity contribution in [2.24, 2.45) is 14.1 Å². The molecule has 3 aromatic heterocycles. The number of carbonyl (C=O) groups is 1. The molecule has 1 atom stereocenters. The van der Waals surface area contributed by atoms with Gasteiger partial charge in [-0.25, -0.2) is 4.79 Å². The number of amides is 1. The largest absolute Gasteiger partial charge is 0.467 e. The number of fused-ring (bicyclic) bond motifs is 1. The summed E-state index contributed by atoms with van der Waals surface area (Å²) in [7, 11) is 3.00. The lowest BCUT2D eigenvalue weighted by molar-refractivity contribution is 0.0850. The number of hydrogen-bond acceptors (Lipinski definition) is 5. The average molecular weight is 386 g/mol. The molecule has 3 aromatic rings. The molecule has 4 heterocycles. The third-order valence-electron chi connectivity index (χ3n) is 5.14. The van der Waals surface area contributed by atoms with Gasteiger partial charge in [-0.05, 0) is 31.0 Å². The van der Waals surface area contributed by atoms with Crippen LogP contribution in [0.3, 0.4) is 0 Å². The first-order valence-electron chi connectivity index (χ1n) is 9.19. The highest BCUT2D eigenvalue weighted by molar-refractivity contribution is 5.98. The molecule has 1 aliphatic rings. The molecule has 0 aromatic carbocycles. The van der Waals surface area contributed by atoms with E-state index in [4.69, 9.17) is 9.15 Å². The lowest BCUT2D eigenvalue weighted by Crippen LogP contribution is -2.37. The Morgan fingerprint density at radius 2 is 2.11 bits per heavy atom. The van der Waals surface area contributed by atoms with E-state index in [2.05, 4.69) is 5.32 Å². The molecule has 9 heteroatoms. The van der Waals surface area contributed by atoms with Gasteiger partial charge in [0.25, 0.3) is 11.5 Å². The molecule has 4 rings (SSSR count). The second-order valence-corrected chi connectivity index (χ2v) is 6.98. The zero-order valence-corrected chi connectivity index (χ0v) is 15.8. The highest BCUT2D eigenvalue weighted by Crippen LogP contribution is 2.19. The summed E-state index contributed by atoms with van der Waals surface area (Å²) >= 11 is 0. The second kappa shape index (κ2) is 7.16.